The van der Waals surface area contributed by atoms with Crippen LogP contribution in [-0.2, 0) is 6.42 Å². The molecule has 4 aromatic heterocycles. The summed E-state index contributed by atoms with van der Waals surface area (Å²) in [4.78, 5) is 24.8. The molecule has 0 unspecified atom stereocenters. The molecule has 5 rings (SSSR count). The SMILES string of the molecule is CCc1cc(Nc2nccs2)nc(N2CCC[C@H]2c2cc(-c3nccnc3C)no2)n1. The second-order valence-electron chi connectivity index (χ2n) is 7.32. The molecule has 1 saturated heterocycles. The van der Waals surface area contributed by atoms with Crippen molar-refractivity contribution in [2.75, 3.05) is 16.8 Å². The van der Waals surface area contributed by atoms with E-state index >= 15 is 0 Å². The molecule has 1 atom stereocenters. The van der Waals surface area contributed by atoms with Crippen LogP contribution in [0.2, 0.25) is 0 Å². The van der Waals surface area contributed by atoms with E-state index in [2.05, 4.69) is 37.2 Å². The van der Waals surface area contributed by atoms with E-state index in [0.29, 0.717) is 11.6 Å². The number of hydrogen-bond donors (Lipinski definition) is 1. The summed E-state index contributed by atoms with van der Waals surface area (Å²) in [7, 11) is 0. The van der Waals surface area contributed by atoms with E-state index in [4.69, 9.17) is 14.5 Å². The fourth-order valence-corrected chi connectivity index (χ4v) is 4.31. The highest BCUT2D eigenvalue weighted by atomic mass is 32.1. The third kappa shape index (κ3) is 3.98. The van der Waals surface area contributed by atoms with Crippen LogP contribution in [0.1, 0.15) is 43.0 Å². The molecule has 0 radical (unpaired) electrons. The lowest BCUT2D eigenvalue weighted by Gasteiger charge is -2.23. The summed E-state index contributed by atoms with van der Waals surface area (Å²) >= 11 is 1.54. The van der Waals surface area contributed by atoms with E-state index in [1.54, 1.807) is 18.6 Å². The summed E-state index contributed by atoms with van der Waals surface area (Å²) < 4.78 is 5.74. The number of nitrogens with one attached hydrogen (secondary N) is 1. The zero-order chi connectivity index (χ0) is 21.2. The van der Waals surface area contributed by atoms with Gasteiger partial charge >= 0.3 is 0 Å². The molecule has 31 heavy (non-hydrogen) atoms. The summed E-state index contributed by atoms with van der Waals surface area (Å²) in [5.41, 5.74) is 3.23. The summed E-state index contributed by atoms with van der Waals surface area (Å²) in [5, 5.41) is 10.3. The van der Waals surface area contributed by atoms with Crippen LogP contribution < -0.4 is 10.2 Å². The lowest BCUT2D eigenvalue weighted by molar-refractivity contribution is 0.362. The molecule has 1 fully saturated rings. The molecule has 0 bridgehead atoms. The average Bonchev–Trinajstić information content (AvgIpc) is 3.55. The minimum Gasteiger partial charge on any atom is -0.358 e. The normalized spacial score (nSPS) is 16.1. The monoisotopic (exact) mass is 434 g/mol. The van der Waals surface area contributed by atoms with E-state index < -0.39 is 0 Å². The summed E-state index contributed by atoms with van der Waals surface area (Å²) in [6.45, 7) is 4.86. The molecule has 0 spiro atoms. The third-order valence-electron chi connectivity index (χ3n) is 5.29. The highest BCUT2D eigenvalue weighted by molar-refractivity contribution is 7.13. The molecule has 1 aliphatic rings. The maximum Gasteiger partial charge on any atom is 0.228 e. The Kier molecular flexibility index (Phi) is 5.29. The van der Waals surface area contributed by atoms with Gasteiger partial charge in [-0.1, -0.05) is 12.1 Å². The molecule has 158 valence electrons. The number of aryl methyl sites for hydroxylation is 2. The zero-order valence-corrected chi connectivity index (χ0v) is 18.1. The molecule has 0 amide bonds. The van der Waals surface area contributed by atoms with E-state index in [1.807, 2.05) is 24.4 Å². The molecular formula is C21H22N8OS. The number of anilines is 3. The van der Waals surface area contributed by atoms with Crippen molar-refractivity contribution in [3.8, 4) is 11.4 Å². The fraction of sp³-hybridized carbons (Fsp3) is 0.333. The first-order chi connectivity index (χ1) is 15.2. The standard InChI is InChI=1S/C21H22N8OS/c1-3-14-11-18(27-21-24-8-10-31-21)26-20(25-14)29-9-4-5-16(29)17-12-15(28-30-17)19-13(2)22-6-7-23-19/h6-8,10-12,16H,3-5,9H2,1-2H3,(H,24,25,26,27)/t16-/m0/s1. The number of thiazole rings is 1. The van der Waals surface area contributed by atoms with Gasteiger partial charge in [0, 0.05) is 48.3 Å². The van der Waals surface area contributed by atoms with Crippen molar-refractivity contribution < 1.29 is 4.52 Å². The van der Waals surface area contributed by atoms with Gasteiger partial charge in [0.25, 0.3) is 0 Å². The van der Waals surface area contributed by atoms with Gasteiger partial charge in [-0.25, -0.2) is 9.97 Å². The first kappa shape index (κ1) is 19.6. The first-order valence-corrected chi connectivity index (χ1v) is 11.1. The molecule has 4 aromatic rings. The van der Waals surface area contributed by atoms with Gasteiger partial charge < -0.3 is 14.7 Å². The molecular weight excluding hydrogens is 412 g/mol. The lowest BCUT2D eigenvalue weighted by atomic mass is 10.1. The molecule has 10 heteroatoms. The van der Waals surface area contributed by atoms with E-state index in [-0.39, 0.29) is 6.04 Å². The van der Waals surface area contributed by atoms with Crippen LogP contribution in [0.4, 0.5) is 16.9 Å². The second-order valence-corrected chi connectivity index (χ2v) is 8.21. The van der Waals surface area contributed by atoms with E-state index in [9.17, 15) is 0 Å². The summed E-state index contributed by atoms with van der Waals surface area (Å²) in [6.07, 6.45) is 7.90. The van der Waals surface area contributed by atoms with Crippen molar-refractivity contribution in [3.63, 3.8) is 0 Å². The van der Waals surface area contributed by atoms with Crippen molar-refractivity contribution in [2.45, 2.75) is 39.2 Å². The Morgan fingerprint density at radius 3 is 2.87 bits per heavy atom. The minimum absolute atomic E-state index is 0.0260. The van der Waals surface area contributed by atoms with Crippen LogP contribution >= 0.6 is 11.3 Å². The largest absolute Gasteiger partial charge is 0.358 e. The van der Waals surface area contributed by atoms with Gasteiger partial charge in [0.1, 0.15) is 17.2 Å². The topological polar surface area (TPSA) is 106 Å². The number of hydrogen-bond acceptors (Lipinski definition) is 10. The van der Waals surface area contributed by atoms with Crippen molar-refractivity contribution in [2.24, 2.45) is 0 Å². The van der Waals surface area contributed by atoms with Gasteiger partial charge in [-0.2, -0.15) is 4.98 Å². The molecule has 5 heterocycles. The van der Waals surface area contributed by atoms with Gasteiger partial charge in [0.2, 0.25) is 5.95 Å². The maximum absolute atomic E-state index is 5.74. The van der Waals surface area contributed by atoms with Gasteiger partial charge in [0.05, 0.1) is 11.7 Å². The Morgan fingerprint density at radius 1 is 1.16 bits per heavy atom. The maximum atomic E-state index is 5.74. The van der Waals surface area contributed by atoms with Crippen LogP contribution in [0, 0.1) is 6.92 Å². The molecule has 1 aliphatic heterocycles. The molecule has 9 nitrogen and oxygen atoms in total. The Hall–Kier alpha value is -3.40. The minimum atomic E-state index is 0.0260. The van der Waals surface area contributed by atoms with E-state index in [1.165, 1.54) is 11.3 Å². The Balaban J connectivity index is 1.45. The van der Waals surface area contributed by atoms with Gasteiger partial charge in [-0.3, -0.25) is 9.97 Å². The van der Waals surface area contributed by atoms with Gasteiger partial charge in [0.15, 0.2) is 10.9 Å². The van der Waals surface area contributed by atoms with Crippen LogP contribution in [0.3, 0.4) is 0 Å². The first-order valence-electron chi connectivity index (χ1n) is 10.3. The predicted octanol–water partition coefficient (Wildman–Crippen LogP) is 4.33. The number of aromatic nitrogens is 6. The second kappa shape index (κ2) is 8.38. The van der Waals surface area contributed by atoms with Crippen LogP contribution in [0.15, 0.2) is 40.6 Å². The smallest absolute Gasteiger partial charge is 0.228 e. The zero-order valence-electron chi connectivity index (χ0n) is 17.3. The van der Waals surface area contributed by atoms with Crippen molar-refractivity contribution in [1.82, 2.24) is 30.1 Å². The summed E-state index contributed by atoms with van der Waals surface area (Å²) in [6, 6.07) is 3.95. The van der Waals surface area contributed by atoms with Gasteiger partial charge in [-0.05, 0) is 26.2 Å². The number of rotatable bonds is 6. The highest BCUT2D eigenvalue weighted by Crippen LogP contribution is 2.36. The molecule has 0 aliphatic carbocycles. The van der Waals surface area contributed by atoms with Gasteiger partial charge in [-0.15, -0.1) is 11.3 Å². The number of nitrogens with zero attached hydrogens (tertiary/aromatic N) is 7. The fourth-order valence-electron chi connectivity index (χ4n) is 3.77. The Morgan fingerprint density at radius 2 is 2.06 bits per heavy atom. The van der Waals surface area contributed by atoms with Crippen LogP contribution in [0.25, 0.3) is 11.4 Å². The third-order valence-corrected chi connectivity index (χ3v) is 5.98. The van der Waals surface area contributed by atoms with E-state index in [0.717, 1.165) is 59.6 Å². The quantitative estimate of drug-likeness (QED) is 0.474. The Bertz CT molecular complexity index is 1180. The van der Waals surface area contributed by atoms with Crippen molar-refractivity contribution >= 4 is 28.2 Å². The average molecular weight is 435 g/mol. The van der Waals surface area contributed by atoms with Crippen molar-refractivity contribution in [1.29, 1.82) is 0 Å². The predicted molar refractivity (Wildman–Crippen MR) is 118 cm³/mol. The lowest BCUT2D eigenvalue weighted by Crippen LogP contribution is -2.25. The molecule has 0 saturated carbocycles. The summed E-state index contributed by atoms with van der Waals surface area (Å²) in [5.74, 6) is 2.22. The van der Waals surface area contributed by atoms with Crippen LogP contribution in [0.5, 0.6) is 0 Å². The molecule has 0 aromatic carbocycles. The van der Waals surface area contributed by atoms with Crippen LogP contribution in [-0.4, -0.2) is 36.6 Å². The highest BCUT2D eigenvalue weighted by Gasteiger charge is 2.32. The Labute approximate surface area is 183 Å². The molecule has 1 N–H and O–H groups in total. The van der Waals surface area contributed by atoms with Crippen molar-refractivity contribution in [3.05, 3.63) is 53.3 Å².